The number of anilines is 2. The minimum atomic E-state index is -0.602. The van der Waals surface area contributed by atoms with Crippen LogP contribution in [0.15, 0.2) is 142 Å². The van der Waals surface area contributed by atoms with Crippen molar-refractivity contribution in [1.82, 2.24) is 10.3 Å². The highest BCUT2D eigenvalue weighted by molar-refractivity contribution is 8.00. The first-order valence-corrected chi connectivity index (χ1v) is 17.7. The number of para-hydroxylation sites is 2. The monoisotopic (exact) mass is 706 g/mol. The third kappa shape index (κ3) is 7.57. The first kappa shape index (κ1) is 34.2. The van der Waals surface area contributed by atoms with Crippen LogP contribution in [0, 0.1) is 0 Å². The molecule has 0 saturated carbocycles. The molecule has 1 aliphatic heterocycles. The number of nitrogens with zero attached hydrogens (tertiary/aromatic N) is 2. The average molecular weight is 707 g/mol. The Labute approximate surface area is 304 Å². The van der Waals surface area contributed by atoms with Gasteiger partial charge in [0.1, 0.15) is 11.2 Å². The maximum absolute atomic E-state index is 13.5. The largest absolute Gasteiger partial charge is 0.436 e. The zero-order chi connectivity index (χ0) is 36.2. The molecular formula is C42H34N4O5S. The summed E-state index contributed by atoms with van der Waals surface area (Å²) in [6.45, 7) is 4.21. The Bertz CT molecular complexity index is 2260. The summed E-state index contributed by atoms with van der Waals surface area (Å²) in [5, 5.41) is 5.03. The van der Waals surface area contributed by atoms with Crippen molar-refractivity contribution in [3.8, 4) is 11.5 Å². The van der Waals surface area contributed by atoms with Crippen molar-refractivity contribution in [2.75, 3.05) is 10.2 Å². The molecule has 1 saturated heterocycles. The summed E-state index contributed by atoms with van der Waals surface area (Å²) < 4.78 is 5.85. The van der Waals surface area contributed by atoms with Crippen molar-refractivity contribution in [2.45, 2.75) is 36.3 Å². The van der Waals surface area contributed by atoms with Crippen molar-refractivity contribution >= 4 is 63.9 Å². The molecule has 52 heavy (non-hydrogen) atoms. The number of oxazole rings is 1. The molecule has 4 amide bonds. The lowest BCUT2D eigenvalue weighted by molar-refractivity contribution is -0.121. The third-order valence-corrected chi connectivity index (χ3v) is 9.80. The van der Waals surface area contributed by atoms with Crippen LogP contribution in [-0.2, 0) is 14.4 Å². The summed E-state index contributed by atoms with van der Waals surface area (Å²) in [6.07, 6.45) is 1.70. The van der Waals surface area contributed by atoms with Gasteiger partial charge in [-0.2, -0.15) is 0 Å². The second kappa shape index (κ2) is 14.9. The fourth-order valence-electron chi connectivity index (χ4n) is 5.78. The highest BCUT2D eigenvalue weighted by atomic mass is 32.2. The Morgan fingerprint density at radius 3 is 2.23 bits per heavy atom. The van der Waals surface area contributed by atoms with Crippen molar-refractivity contribution in [3.05, 3.63) is 150 Å². The topological polar surface area (TPSA) is 122 Å². The molecule has 2 heterocycles. The number of aromatic nitrogens is 1. The molecule has 0 aliphatic carbocycles. The Morgan fingerprint density at radius 2 is 1.54 bits per heavy atom. The van der Waals surface area contributed by atoms with E-state index in [0.29, 0.717) is 34.3 Å². The molecule has 10 heteroatoms. The van der Waals surface area contributed by atoms with Crippen LogP contribution in [0.2, 0.25) is 0 Å². The molecule has 0 radical (unpaired) electrons. The fraction of sp³-hybridized carbons (Fsp3) is 0.119. The molecule has 1 aromatic heterocycles. The van der Waals surface area contributed by atoms with E-state index in [4.69, 9.17) is 4.42 Å². The number of nitrogens with one attached hydrogen (secondary N) is 2. The Morgan fingerprint density at radius 1 is 0.846 bits per heavy atom. The zero-order valence-corrected chi connectivity index (χ0v) is 29.2. The molecule has 7 rings (SSSR count). The van der Waals surface area contributed by atoms with Gasteiger partial charge in [-0.3, -0.25) is 19.2 Å². The van der Waals surface area contributed by atoms with E-state index in [-0.39, 0.29) is 23.9 Å². The molecule has 5 aromatic carbocycles. The van der Waals surface area contributed by atoms with Gasteiger partial charge in [0.05, 0.1) is 10.9 Å². The van der Waals surface area contributed by atoms with E-state index in [1.165, 1.54) is 16.7 Å². The second-order valence-electron chi connectivity index (χ2n) is 12.6. The van der Waals surface area contributed by atoms with Gasteiger partial charge in [0.2, 0.25) is 17.7 Å². The zero-order valence-electron chi connectivity index (χ0n) is 28.4. The molecular weight excluding hydrogens is 673 g/mol. The van der Waals surface area contributed by atoms with Crippen LogP contribution < -0.4 is 15.5 Å². The summed E-state index contributed by atoms with van der Waals surface area (Å²) in [5.41, 5.74) is 5.58. The Hall–Kier alpha value is -6.26. The predicted molar refractivity (Wildman–Crippen MR) is 204 cm³/mol. The molecule has 258 valence electrons. The predicted octanol–water partition coefficient (Wildman–Crippen LogP) is 8.45. The maximum Gasteiger partial charge on any atom is 0.272 e. The molecule has 9 nitrogen and oxygen atoms in total. The van der Waals surface area contributed by atoms with Crippen LogP contribution in [0.25, 0.3) is 28.6 Å². The average Bonchev–Trinajstić information content (AvgIpc) is 3.72. The molecule has 1 fully saturated rings. The highest BCUT2D eigenvalue weighted by Crippen LogP contribution is 2.35. The van der Waals surface area contributed by atoms with E-state index in [1.54, 1.807) is 78.9 Å². The lowest BCUT2D eigenvalue weighted by atomic mass is 10.0. The fourth-order valence-corrected chi connectivity index (χ4v) is 6.84. The summed E-state index contributed by atoms with van der Waals surface area (Å²) in [7, 11) is 0. The number of rotatable bonds is 10. The second-order valence-corrected chi connectivity index (χ2v) is 13.9. The van der Waals surface area contributed by atoms with Crippen LogP contribution in [0.1, 0.15) is 47.7 Å². The number of benzene rings is 5. The highest BCUT2D eigenvalue weighted by Gasteiger charge is 2.40. The normalized spacial score (nSPS) is 14.6. The molecule has 1 aliphatic rings. The van der Waals surface area contributed by atoms with E-state index in [2.05, 4.69) is 29.5 Å². The summed E-state index contributed by atoms with van der Waals surface area (Å²) in [6, 6.07) is 38.0. The van der Waals surface area contributed by atoms with Crippen LogP contribution in [-0.4, -0.2) is 33.9 Å². The number of thioether (sulfide) groups is 1. The summed E-state index contributed by atoms with van der Waals surface area (Å²) >= 11 is 1.29. The Balaban J connectivity index is 1.01. The molecule has 0 bridgehead atoms. The number of hydrogen-bond acceptors (Lipinski definition) is 7. The summed E-state index contributed by atoms with van der Waals surface area (Å²) in [5.74, 6) is -0.663. The third-order valence-electron chi connectivity index (χ3n) is 8.61. The van der Waals surface area contributed by atoms with E-state index < -0.39 is 17.1 Å². The molecule has 1 atom stereocenters. The van der Waals surface area contributed by atoms with Crippen molar-refractivity contribution in [2.24, 2.45) is 0 Å². The van der Waals surface area contributed by atoms with E-state index in [9.17, 15) is 19.2 Å². The van der Waals surface area contributed by atoms with Crippen molar-refractivity contribution in [1.29, 1.82) is 0 Å². The molecule has 2 N–H and O–H groups in total. The van der Waals surface area contributed by atoms with Crippen LogP contribution >= 0.6 is 11.8 Å². The summed E-state index contributed by atoms with van der Waals surface area (Å²) in [4.78, 5) is 59.5. The maximum atomic E-state index is 13.5. The SMILES string of the molecule is CC(C)c1ccc(/C=C(\NC(=O)c2ccccc2)C(=O)Nc2ccc(SC3CC(=O)N(c4ccc(-c5nc6ccccc6o5)cc4)C3=O)cc2)cc1. The number of carbonyl (C=O) groups is 4. The van der Waals surface area contributed by atoms with Gasteiger partial charge < -0.3 is 15.1 Å². The molecule has 0 spiro atoms. The van der Waals surface area contributed by atoms with Gasteiger partial charge in [-0.05, 0) is 95.9 Å². The van der Waals surface area contributed by atoms with Crippen molar-refractivity contribution in [3.63, 3.8) is 0 Å². The van der Waals surface area contributed by atoms with Crippen LogP contribution in [0.3, 0.4) is 0 Å². The lowest BCUT2D eigenvalue weighted by Gasteiger charge is -2.15. The Kier molecular flexibility index (Phi) is 9.81. The first-order valence-electron chi connectivity index (χ1n) is 16.8. The van der Waals surface area contributed by atoms with Gasteiger partial charge >= 0.3 is 0 Å². The smallest absolute Gasteiger partial charge is 0.272 e. The quantitative estimate of drug-likeness (QED) is 0.108. The van der Waals surface area contributed by atoms with Gasteiger partial charge in [0.15, 0.2) is 5.58 Å². The number of fused-ring (bicyclic) bond motifs is 1. The van der Waals surface area contributed by atoms with Crippen LogP contribution in [0.4, 0.5) is 11.4 Å². The number of carbonyl (C=O) groups excluding carboxylic acids is 4. The first-order chi connectivity index (χ1) is 25.2. The van der Waals surface area contributed by atoms with Crippen LogP contribution in [0.5, 0.6) is 0 Å². The molecule has 6 aromatic rings. The van der Waals surface area contributed by atoms with Gasteiger partial charge in [-0.1, -0.05) is 68.4 Å². The van der Waals surface area contributed by atoms with Gasteiger partial charge in [-0.25, -0.2) is 9.88 Å². The van der Waals surface area contributed by atoms with E-state index in [0.717, 1.165) is 27.1 Å². The van der Waals surface area contributed by atoms with Gasteiger partial charge in [-0.15, -0.1) is 11.8 Å². The van der Waals surface area contributed by atoms with Gasteiger partial charge in [0, 0.05) is 28.1 Å². The number of amides is 4. The van der Waals surface area contributed by atoms with E-state index >= 15 is 0 Å². The minimum Gasteiger partial charge on any atom is -0.436 e. The van der Waals surface area contributed by atoms with Crippen molar-refractivity contribution < 1.29 is 23.6 Å². The van der Waals surface area contributed by atoms with Gasteiger partial charge in [0.25, 0.3) is 11.8 Å². The molecule has 1 unspecified atom stereocenters. The van der Waals surface area contributed by atoms with E-state index in [1.807, 2.05) is 54.6 Å². The number of hydrogen-bond donors (Lipinski definition) is 2. The standard InChI is InChI=1S/C42H34N4O5S/c1-26(2)28-14-12-27(13-15-28)24-35(44-39(48)29-8-4-3-5-9-29)40(49)43-31-18-22-33(23-19-31)52-37-25-38(47)46(42(37)50)32-20-16-30(17-21-32)41-45-34-10-6-7-11-36(34)51-41/h3-24,26,37H,25H2,1-2H3,(H,43,49)(H,44,48)/b35-24-. The minimum absolute atomic E-state index is 0.0578. The number of imide groups is 1. The lowest BCUT2D eigenvalue weighted by Crippen LogP contribution is -2.31.